The van der Waals surface area contributed by atoms with Crippen molar-refractivity contribution in [2.24, 2.45) is 7.05 Å². The first-order valence-corrected chi connectivity index (χ1v) is 14.2. The zero-order chi connectivity index (χ0) is 29.7. The summed E-state index contributed by atoms with van der Waals surface area (Å²) in [4.78, 5) is 28.2. The van der Waals surface area contributed by atoms with E-state index in [9.17, 15) is 4.79 Å². The number of fused-ring (bicyclic) bond motifs is 4. The zero-order valence-corrected chi connectivity index (χ0v) is 23.8. The molecule has 11 heteroatoms. The summed E-state index contributed by atoms with van der Waals surface area (Å²) in [7, 11) is 1.82. The summed E-state index contributed by atoms with van der Waals surface area (Å²) >= 11 is 0. The molecular weight excluding hydrogens is 547 g/mol. The number of benzene rings is 2. The summed E-state index contributed by atoms with van der Waals surface area (Å²) in [5.41, 5.74) is 5.20. The van der Waals surface area contributed by atoms with Gasteiger partial charge in [0.25, 0.3) is 0 Å². The van der Waals surface area contributed by atoms with Gasteiger partial charge in [0.05, 0.1) is 28.5 Å². The van der Waals surface area contributed by atoms with Crippen molar-refractivity contribution in [3.05, 3.63) is 84.6 Å². The number of ether oxygens (including phenoxy) is 1. The van der Waals surface area contributed by atoms with Gasteiger partial charge in [0.1, 0.15) is 28.9 Å². The first-order valence-electron chi connectivity index (χ1n) is 14.2. The van der Waals surface area contributed by atoms with Crippen molar-refractivity contribution < 1.29 is 13.9 Å². The Hall–Kier alpha value is -5.19. The van der Waals surface area contributed by atoms with E-state index in [4.69, 9.17) is 9.72 Å². The van der Waals surface area contributed by atoms with Crippen LogP contribution in [-0.4, -0.2) is 52.8 Å². The number of hydrogen-bond acceptors (Lipinski definition) is 8. The Bertz CT molecular complexity index is 1950. The van der Waals surface area contributed by atoms with Crippen LogP contribution in [0.2, 0.25) is 0 Å². The molecule has 3 aromatic heterocycles. The number of piperidine rings is 1. The second-order valence-corrected chi connectivity index (χ2v) is 10.9. The smallest absolute Gasteiger partial charge is 0.246 e. The summed E-state index contributed by atoms with van der Waals surface area (Å²) in [5, 5.41) is 11.3. The van der Waals surface area contributed by atoms with Crippen LogP contribution in [0, 0.1) is 12.7 Å². The Kier molecular flexibility index (Phi) is 6.56. The predicted molar refractivity (Wildman–Crippen MR) is 161 cm³/mol. The lowest BCUT2D eigenvalue weighted by molar-refractivity contribution is -0.131. The van der Waals surface area contributed by atoms with Gasteiger partial charge in [0.2, 0.25) is 5.91 Å². The van der Waals surface area contributed by atoms with E-state index in [0.717, 1.165) is 36.0 Å². The number of hydrogen-bond donors (Lipinski definition) is 1. The Balaban J connectivity index is 1.17. The normalized spacial score (nSPS) is 18.0. The van der Waals surface area contributed by atoms with Crippen LogP contribution < -0.4 is 10.1 Å². The van der Waals surface area contributed by atoms with Crippen LogP contribution in [0.4, 0.5) is 15.9 Å². The Morgan fingerprint density at radius 2 is 2.02 bits per heavy atom. The predicted octanol–water partition coefficient (Wildman–Crippen LogP) is 6.01. The van der Waals surface area contributed by atoms with Crippen molar-refractivity contribution in [3.8, 4) is 11.5 Å². The Morgan fingerprint density at radius 3 is 2.86 bits per heavy atom. The van der Waals surface area contributed by atoms with Gasteiger partial charge in [0.15, 0.2) is 11.6 Å². The van der Waals surface area contributed by atoms with E-state index >= 15 is 4.39 Å². The molecule has 0 spiro atoms. The van der Waals surface area contributed by atoms with E-state index in [1.807, 2.05) is 30.1 Å². The van der Waals surface area contributed by atoms with Crippen molar-refractivity contribution in [2.45, 2.75) is 44.7 Å². The highest BCUT2D eigenvalue weighted by molar-refractivity contribution is 5.90. The Labute approximate surface area is 246 Å². The van der Waals surface area contributed by atoms with Crippen molar-refractivity contribution >= 4 is 45.1 Å². The fourth-order valence-corrected chi connectivity index (χ4v) is 6.09. The van der Waals surface area contributed by atoms with Crippen molar-refractivity contribution in [1.82, 2.24) is 34.8 Å². The van der Waals surface area contributed by atoms with E-state index < -0.39 is 5.82 Å². The van der Waals surface area contributed by atoms with Crippen molar-refractivity contribution in [2.75, 3.05) is 5.32 Å². The molecule has 0 radical (unpaired) electrons. The number of aryl methyl sites for hydroxylation is 1. The minimum Gasteiger partial charge on any atom is -0.457 e. The highest BCUT2D eigenvalue weighted by Gasteiger charge is 2.36. The highest BCUT2D eigenvalue weighted by atomic mass is 19.1. The van der Waals surface area contributed by atoms with Gasteiger partial charge < -0.3 is 15.0 Å². The minimum atomic E-state index is -0.462. The highest BCUT2D eigenvalue weighted by Crippen LogP contribution is 2.38. The SMILES string of the molecule is C=CC(=O)N1C2C=C(c3ccc4ncnc(Nc5ccc(Oc6ccc7c(c6)nnn7C)c(C)c5F)c4n3)CC1CCC2. The average molecular weight is 577 g/mol. The maximum Gasteiger partial charge on any atom is 0.246 e. The summed E-state index contributed by atoms with van der Waals surface area (Å²) in [5.74, 6) is 0.824. The first-order chi connectivity index (χ1) is 20.9. The van der Waals surface area contributed by atoms with Gasteiger partial charge in [0, 0.05) is 24.7 Å². The quantitative estimate of drug-likeness (QED) is 0.245. The minimum absolute atomic E-state index is 0.0236. The number of nitrogens with one attached hydrogen (secondary N) is 1. The molecule has 7 rings (SSSR count). The molecule has 2 aliphatic rings. The number of aromatic nitrogens is 6. The molecule has 2 bridgehead atoms. The number of nitrogens with zero attached hydrogens (tertiary/aromatic N) is 7. The van der Waals surface area contributed by atoms with Crippen LogP contribution in [0.5, 0.6) is 11.5 Å². The second-order valence-electron chi connectivity index (χ2n) is 10.9. The summed E-state index contributed by atoms with van der Waals surface area (Å²) in [6.07, 6.45) is 8.63. The number of anilines is 2. The van der Waals surface area contributed by atoms with Gasteiger partial charge in [-0.05, 0) is 80.7 Å². The van der Waals surface area contributed by atoms with Crippen LogP contribution in [0.25, 0.3) is 27.6 Å². The molecule has 2 aromatic carbocycles. The zero-order valence-electron chi connectivity index (χ0n) is 23.8. The molecule has 2 atom stereocenters. The lowest BCUT2D eigenvalue weighted by atomic mass is 9.84. The van der Waals surface area contributed by atoms with E-state index in [0.29, 0.717) is 45.9 Å². The molecule has 5 heterocycles. The standard InChI is InChI=1S/C32H29FN8O2/c1-4-29(42)41-20-6-5-7-21(41)15-19(14-20)23-9-10-25-31(36-23)32(35-17-34-25)37-24-11-13-28(18(2)30(24)33)43-22-8-12-27-26(16-22)38-39-40(27)3/h4,8-14,16-17,20-21H,1,5-7,15H2,2-3H3,(H,34,35,37). The van der Waals surface area contributed by atoms with Crippen LogP contribution >= 0.6 is 0 Å². The molecule has 5 aromatic rings. The van der Waals surface area contributed by atoms with Gasteiger partial charge in [-0.3, -0.25) is 4.79 Å². The van der Waals surface area contributed by atoms with Gasteiger partial charge in [-0.1, -0.05) is 17.9 Å². The van der Waals surface area contributed by atoms with Crippen molar-refractivity contribution in [3.63, 3.8) is 0 Å². The number of carbonyl (C=O) groups excluding carboxylic acids is 1. The monoisotopic (exact) mass is 576 g/mol. The summed E-state index contributed by atoms with van der Waals surface area (Å²) in [6.45, 7) is 5.34. The maximum atomic E-state index is 15.7. The first kappa shape index (κ1) is 26.7. The third kappa shape index (κ3) is 4.76. The lowest BCUT2D eigenvalue weighted by Crippen LogP contribution is -2.51. The lowest BCUT2D eigenvalue weighted by Gasteiger charge is -2.44. The molecule has 1 amide bonds. The number of amides is 1. The number of carbonyl (C=O) groups is 1. The molecule has 0 aliphatic carbocycles. The van der Waals surface area contributed by atoms with Gasteiger partial charge in [-0.2, -0.15) is 0 Å². The van der Waals surface area contributed by atoms with Gasteiger partial charge in [-0.25, -0.2) is 24.0 Å². The van der Waals surface area contributed by atoms with Crippen LogP contribution in [-0.2, 0) is 11.8 Å². The summed E-state index contributed by atoms with van der Waals surface area (Å²) in [6, 6.07) is 12.7. The molecule has 1 saturated heterocycles. The fraction of sp³-hybridized carbons (Fsp3) is 0.250. The third-order valence-electron chi connectivity index (χ3n) is 8.28. The molecule has 1 fully saturated rings. The van der Waals surface area contributed by atoms with Crippen LogP contribution in [0.1, 0.15) is 36.9 Å². The fourth-order valence-electron chi connectivity index (χ4n) is 6.09. The van der Waals surface area contributed by atoms with Gasteiger partial charge >= 0.3 is 0 Å². The molecule has 2 aliphatic heterocycles. The average Bonchev–Trinajstić information content (AvgIpc) is 3.39. The molecule has 10 nitrogen and oxygen atoms in total. The number of rotatable bonds is 6. The third-order valence-corrected chi connectivity index (χ3v) is 8.28. The van der Waals surface area contributed by atoms with E-state index in [-0.39, 0.29) is 23.7 Å². The number of pyridine rings is 1. The molecular formula is C32H29FN8O2. The Morgan fingerprint density at radius 1 is 1.14 bits per heavy atom. The van der Waals surface area contributed by atoms with E-state index in [1.54, 1.807) is 35.9 Å². The van der Waals surface area contributed by atoms with Crippen LogP contribution in [0.15, 0.2) is 67.5 Å². The van der Waals surface area contributed by atoms with Crippen LogP contribution in [0.3, 0.4) is 0 Å². The number of halogens is 1. The summed E-state index contributed by atoms with van der Waals surface area (Å²) < 4.78 is 23.3. The molecule has 1 N–H and O–H groups in total. The largest absolute Gasteiger partial charge is 0.457 e. The topological polar surface area (TPSA) is 111 Å². The van der Waals surface area contributed by atoms with Gasteiger partial charge in [-0.15, -0.1) is 5.10 Å². The maximum absolute atomic E-state index is 15.7. The molecule has 2 unspecified atom stereocenters. The van der Waals surface area contributed by atoms with E-state index in [1.165, 1.54) is 12.4 Å². The van der Waals surface area contributed by atoms with Crippen molar-refractivity contribution in [1.29, 1.82) is 0 Å². The van der Waals surface area contributed by atoms with E-state index in [2.05, 4.69) is 38.3 Å². The second kappa shape index (κ2) is 10.6. The molecule has 216 valence electrons. The molecule has 0 saturated carbocycles. The molecule has 43 heavy (non-hydrogen) atoms.